The summed E-state index contributed by atoms with van der Waals surface area (Å²) in [6, 6.07) is 11.7. The number of phenols is 1. The number of hydrogen-bond acceptors (Lipinski definition) is 5. The minimum Gasteiger partial charge on any atom is -0.506 e. The molecule has 27 heavy (non-hydrogen) atoms. The first kappa shape index (κ1) is 21.2. The molecule has 8 heteroatoms. The molecule has 0 unspecified atom stereocenters. The summed E-state index contributed by atoms with van der Waals surface area (Å²) < 4.78 is 6.74. The van der Waals surface area contributed by atoms with Gasteiger partial charge in [0.2, 0.25) is 0 Å². The first-order valence-corrected chi connectivity index (χ1v) is 9.71. The van der Waals surface area contributed by atoms with Crippen LogP contribution in [0.15, 0.2) is 45.3 Å². The predicted molar refractivity (Wildman–Crippen MR) is 108 cm³/mol. The molecule has 2 atom stereocenters. The normalized spacial score (nSPS) is 12.7. The Morgan fingerprint density at radius 2 is 1.96 bits per heavy atom. The number of aromatic hydroxyl groups is 1. The lowest BCUT2D eigenvalue weighted by Gasteiger charge is -2.25. The van der Waals surface area contributed by atoms with Crippen LogP contribution in [0.2, 0.25) is 0 Å². The SMILES string of the molecule is C[C@H](CCO)[C@@H](OC(=O)Nc1ccc(C#N)cc1)c1cc(Br)cc(Br)c1O. The number of phenolic OH excluding ortho intramolecular Hbond substituents is 1. The smallest absolute Gasteiger partial charge is 0.412 e. The molecule has 0 aliphatic heterocycles. The van der Waals surface area contributed by atoms with Crippen molar-refractivity contribution in [1.29, 1.82) is 5.26 Å². The molecule has 0 aliphatic carbocycles. The van der Waals surface area contributed by atoms with Gasteiger partial charge in [-0.25, -0.2) is 4.79 Å². The zero-order valence-corrected chi connectivity index (χ0v) is 17.6. The maximum Gasteiger partial charge on any atom is 0.412 e. The van der Waals surface area contributed by atoms with Crippen molar-refractivity contribution in [2.75, 3.05) is 11.9 Å². The second-order valence-corrected chi connectivity index (χ2v) is 7.73. The average Bonchev–Trinajstić information content (AvgIpc) is 2.63. The molecular formula is C19H18Br2N2O4. The van der Waals surface area contributed by atoms with E-state index in [1.54, 1.807) is 36.4 Å². The number of carbonyl (C=O) groups excluding carboxylic acids is 1. The molecule has 0 saturated carbocycles. The van der Waals surface area contributed by atoms with Crippen LogP contribution in [0.1, 0.15) is 30.6 Å². The Labute approximate surface area is 174 Å². The van der Waals surface area contributed by atoms with Crippen LogP contribution in [0.3, 0.4) is 0 Å². The molecule has 142 valence electrons. The molecule has 3 N–H and O–H groups in total. The Kier molecular flexibility index (Phi) is 7.66. The number of carbonyl (C=O) groups is 1. The van der Waals surface area contributed by atoms with Gasteiger partial charge in [-0.15, -0.1) is 0 Å². The standard InChI is InChI=1S/C19H18Br2N2O4/c1-11(6-7-24)18(15-8-13(20)9-16(21)17(15)25)27-19(26)23-14-4-2-12(10-22)3-5-14/h2-5,8-9,11,18,24-25H,6-7H2,1H3,(H,23,26)/t11-,18-/m1/s1. The van der Waals surface area contributed by atoms with Crippen LogP contribution < -0.4 is 5.32 Å². The Balaban J connectivity index is 2.24. The number of rotatable bonds is 6. The van der Waals surface area contributed by atoms with Crippen molar-refractivity contribution in [1.82, 2.24) is 0 Å². The molecule has 0 fully saturated rings. The summed E-state index contributed by atoms with van der Waals surface area (Å²) >= 11 is 6.64. The Bertz CT molecular complexity index is 850. The number of halogens is 2. The summed E-state index contributed by atoms with van der Waals surface area (Å²) in [5.74, 6) is -0.270. The van der Waals surface area contributed by atoms with Crippen molar-refractivity contribution in [3.63, 3.8) is 0 Å². The van der Waals surface area contributed by atoms with E-state index < -0.39 is 12.2 Å². The number of anilines is 1. The lowest BCUT2D eigenvalue weighted by Crippen LogP contribution is -2.22. The third-order valence-electron chi connectivity index (χ3n) is 3.96. The largest absolute Gasteiger partial charge is 0.506 e. The van der Waals surface area contributed by atoms with E-state index in [1.165, 1.54) is 0 Å². The highest BCUT2D eigenvalue weighted by Crippen LogP contribution is 2.40. The summed E-state index contributed by atoms with van der Waals surface area (Å²) in [6.07, 6.45) is -1.09. The fraction of sp³-hybridized carbons (Fsp3) is 0.263. The second kappa shape index (κ2) is 9.74. The molecule has 0 radical (unpaired) electrons. The summed E-state index contributed by atoms with van der Waals surface area (Å²) in [5.41, 5.74) is 1.38. The minimum absolute atomic E-state index is 0.0286. The van der Waals surface area contributed by atoms with Crippen molar-refractivity contribution < 1.29 is 19.7 Å². The van der Waals surface area contributed by atoms with E-state index in [0.717, 1.165) is 0 Å². The van der Waals surface area contributed by atoms with Gasteiger partial charge in [-0.3, -0.25) is 5.32 Å². The van der Waals surface area contributed by atoms with Crippen LogP contribution in [0, 0.1) is 17.2 Å². The number of ether oxygens (including phenoxy) is 1. The summed E-state index contributed by atoms with van der Waals surface area (Å²) in [4.78, 5) is 12.4. The van der Waals surface area contributed by atoms with Crippen molar-refractivity contribution in [3.8, 4) is 11.8 Å². The number of aliphatic hydroxyl groups is 1. The molecule has 0 bridgehead atoms. The van der Waals surface area contributed by atoms with E-state index in [9.17, 15) is 15.0 Å². The topological polar surface area (TPSA) is 103 Å². The number of benzene rings is 2. The first-order chi connectivity index (χ1) is 12.8. The molecular weight excluding hydrogens is 480 g/mol. The molecule has 0 aliphatic rings. The zero-order chi connectivity index (χ0) is 20.0. The minimum atomic E-state index is -0.774. The Morgan fingerprint density at radius 1 is 1.30 bits per heavy atom. The van der Waals surface area contributed by atoms with Gasteiger partial charge < -0.3 is 14.9 Å². The monoisotopic (exact) mass is 496 g/mol. The van der Waals surface area contributed by atoms with Crippen LogP contribution in [0.5, 0.6) is 5.75 Å². The highest BCUT2D eigenvalue weighted by Gasteiger charge is 2.27. The predicted octanol–water partition coefficient (Wildman–Crippen LogP) is 5.10. The number of nitrogens with one attached hydrogen (secondary N) is 1. The number of aliphatic hydroxyl groups excluding tert-OH is 1. The summed E-state index contributed by atoms with van der Waals surface area (Å²) in [7, 11) is 0. The van der Waals surface area contributed by atoms with Crippen molar-refractivity contribution >= 4 is 43.6 Å². The third-order valence-corrected chi connectivity index (χ3v) is 5.02. The molecule has 1 amide bonds. The molecule has 0 aromatic heterocycles. The quantitative estimate of drug-likeness (QED) is 0.515. The van der Waals surface area contributed by atoms with Gasteiger partial charge in [-0.05, 0) is 64.7 Å². The summed E-state index contributed by atoms with van der Waals surface area (Å²) in [5, 5.41) is 31.1. The van der Waals surface area contributed by atoms with Crippen molar-refractivity contribution in [3.05, 3.63) is 56.5 Å². The number of nitrogens with zero attached hydrogens (tertiary/aromatic N) is 1. The van der Waals surface area contributed by atoms with Crippen LogP contribution >= 0.6 is 31.9 Å². The molecule has 2 rings (SSSR count). The van der Waals surface area contributed by atoms with Gasteiger partial charge in [0.1, 0.15) is 11.9 Å². The van der Waals surface area contributed by atoms with Gasteiger partial charge in [0.15, 0.2) is 0 Å². The van der Waals surface area contributed by atoms with E-state index >= 15 is 0 Å². The lowest BCUT2D eigenvalue weighted by molar-refractivity contribution is 0.0651. The number of amides is 1. The van der Waals surface area contributed by atoms with Gasteiger partial charge in [-0.1, -0.05) is 22.9 Å². The maximum absolute atomic E-state index is 12.4. The summed E-state index contributed by atoms with van der Waals surface area (Å²) in [6.45, 7) is 1.75. The molecule has 2 aromatic carbocycles. The van der Waals surface area contributed by atoms with E-state index in [2.05, 4.69) is 37.2 Å². The first-order valence-electron chi connectivity index (χ1n) is 8.12. The highest BCUT2D eigenvalue weighted by atomic mass is 79.9. The van der Waals surface area contributed by atoms with Gasteiger partial charge >= 0.3 is 6.09 Å². The van der Waals surface area contributed by atoms with E-state index in [1.807, 2.05) is 13.0 Å². The number of nitriles is 1. The van der Waals surface area contributed by atoms with Crippen LogP contribution in [-0.4, -0.2) is 22.9 Å². The Hall–Kier alpha value is -2.08. The van der Waals surface area contributed by atoms with Crippen LogP contribution in [0.4, 0.5) is 10.5 Å². The molecule has 6 nitrogen and oxygen atoms in total. The fourth-order valence-electron chi connectivity index (χ4n) is 2.53. The van der Waals surface area contributed by atoms with Gasteiger partial charge in [0.25, 0.3) is 0 Å². The zero-order valence-electron chi connectivity index (χ0n) is 14.4. The molecule has 2 aromatic rings. The second-order valence-electron chi connectivity index (χ2n) is 5.96. The number of hydrogen-bond donors (Lipinski definition) is 3. The van der Waals surface area contributed by atoms with Crippen molar-refractivity contribution in [2.45, 2.75) is 19.4 Å². The van der Waals surface area contributed by atoms with Gasteiger partial charge in [0, 0.05) is 22.3 Å². The maximum atomic E-state index is 12.4. The molecule has 0 saturated heterocycles. The van der Waals surface area contributed by atoms with E-state index in [4.69, 9.17) is 10.00 Å². The third kappa shape index (κ3) is 5.70. The lowest BCUT2D eigenvalue weighted by atomic mass is 9.94. The van der Waals surface area contributed by atoms with E-state index in [-0.39, 0.29) is 18.3 Å². The fourth-order valence-corrected chi connectivity index (χ4v) is 3.79. The molecule has 0 spiro atoms. The van der Waals surface area contributed by atoms with Crippen LogP contribution in [0.25, 0.3) is 0 Å². The highest BCUT2D eigenvalue weighted by molar-refractivity contribution is 9.11. The van der Waals surface area contributed by atoms with Gasteiger partial charge in [-0.2, -0.15) is 5.26 Å². The molecule has 0 heterocycles. The Morgan fingerprint density at radius 3 is 2.56 bits per heavy atom. The average molecular weight is 498 g/mol. The van der Waals surface area contributed by atoms with Gasteiger partial charge in [0.05, 0.1) is 16.1 Å². The van der Waals surface area contributed by atoms with Crippen LogP contribution in [-0.2, 0) is 4.74 Å². The van der Waals surface area contributed by atoms with E-state index in [0.29, 0.717) is 32.2 Å². The van der Waals surface area contributed by atoms with Crippen molar-refractivity contribution in [2.24, 2.45) is 5.92 Å².